The Labute approximate surface area is 109 Å². The van der Waals surface area contributed by atoms with E-state index in [1.807, 2.05) is 28.9 Å². The minimum atomic E-state index is 0.552. The molecule has 0 spiro atoms. The lowest BCUT2D eigenvalue weighted by atomic mass is 10.1. The number of halogens is 1. The van der Waals surface area contributed by atoms with Crippen molar-refractivity contribution < 1.29 is 4.74 Å². The summed E-state index contributed by atoms with van der Waals surface area (Å²) in [6, 6.07) is 7.86. The average molecular weight is 296 g/mol. The van der Waals surface area contributed by atoms with E-state index in [9.17, 15) is 0 Å². The van der Waals surface area contributed by atoms with Gasteiger partial charge in [0, 0.05) is 12.1 Å². The number of aromatic nitrogens is 2. The second-order valence-corrected chi connectivity index (χ2v) is 4.41. The molecule has 0 bridgehead atoms. The molecule has 0 fully saturated rings. The second-order valence-electron chi connectivity index (χ2n) is 3.55. The molecular formula is C12H14BrN3O. The Morgan fingerprint density at radius 3 is 2.88 bits per heavy atom. The fourth-order valence-corrected chi connectivity index (χ4v) is 2.27. The minimum absolute atomic E-state index is 0.552. The third kappa shape index (κ3) is 2.35. The summed E-state index contributed by atoms with van der Waals surface area (Å²) < 4.78 is 8.18. The quantitative estimate of drug-likeness (QED) is 0.941. The van der Waals surface area contributed by atoms with Crippen molar-refractivity contribution in [3.05, 3.63) is 34.9 Å². The highest BCUT2D eigenvalue weighted by Crippen LogP contribution is 2.34. The van der Waals surface area contributed by atoms with E-state index in [4.69, 9.17) is 10.5 Å². The molecule has 0 saturated carbocycles. The van der Waals surface area contributed by atoms with Crippen LogP contribution in [-0.2, 0) is 6.54 Å². The molecule has 0 aliphatic carbocycles. The highest BCUT2D eigenvalue weighted by Gasteiger charge is 2.14. The number of benzene rings is 1. The molecule has 0 aliphatic heterocycles. The van der Waals surface area contributed by atoms with Gasteiger partial charge in [-0.05, 0) is 28.1 Å². The van der Waals surface area contributed by atoms with E-state index in [0.29, 0.717) is 13.1 Å². The first kappa shape index (κ1) is 12.1. The monoisotopic (exact) mass is 295 g/mol. The standard InChI is InChI=1S/C12H14BrN3O/c1-17-11-5-3-2-4-9(11)12-10(13)8-15-16(12)7-6-14/h2-5,8H,6-7,14H2,1H3. The maximum Gasteiger partial charge on any atom is 0.128 e. The topological polar surface area (TPSA) is 53.1 Å². The van der Waals surface area contributed by atoms with E-state index < -0.39 is 0 Å². The first-order valence-corrected chi connectivity index (χ1v) is 6.12. The molecule has 0 saturated heterocycles. The highest BCUT2D eigenvalue weighted by atomic mass is 79.9. The summed E-state index contributed by atoms with van der Waals surface area (Å²) in [5.74, 6) is 0.826. The summed E-state index contributed by atoms with van der Waals surface area (Å²) in [6.45, 7) is 1.23. The maximum absolute atomic E-state index is 5.58. The van der Waals surface area contributed by atoms with Crippen LogP contribution in [-0.4, -0.2) is 23.4 Å². The molecular weight excluding hydrogens is 282 g/mol. The first-order chi connectivity index (χ1) is 8.27. The normalized spacial score (nSPS) is 10.5. The fourth-order valence-electron chi connectivity index (χ4n) is 1.76. The summed E-state index contributed by atoms with van der Waals surface area (Å²) in [5, 5.41) is 4.29. The van der Waals surface area contributed by atoms with Gasteiger partial charge in [-0.25, -0.2) is 0 Å². The maximum atomic E-state index is 5.58. The third-order valence-corrected chi connectivity index (χ3v) is 3.08. The lowest BCUT2D eigenvalue weighted by Gasteiger charge is -2.11. The highest BCUT2D eigenvalue weighted by molar-refractivity contribution is 9.10. The second kappa shape index (κ2) is 5.33. The predicted molar refractivity (Wildman–Crippen MR) is 71.0 cm³/mol. The Morgan fingerprint density at radius 1 is 1.41 bits per heavy atom. The van der Waals surface area contributed by atoms with Crippen LogP contribution < -0.4 is 10.5 Å². The predicted octanol–water partition coefficient (Wildman–Crippen LogP) is 2.28. The van der Waals surface area contributed by atoms with E-state index in [1.165, 1.54) is 0 Å². The van der Waals surface area contributed by atoms with Crippen LogP contribution in [0.15, 0.2) is 34.9 Å². The SMILES string of the molecule is COc1ccccc1-c1c(Br)cnn1CCN. The molecule has 2 N–H and O–H groups in total. The van der Waals surface area contributed by atoms with Gasteiger partial charge in [0.15, 0.2) is 0 Å². The fraction of sp³-hybridized carbons (Fsp3) is 0.250. The molecule has 2 rings (SSSR count). The smallest absolute Gasteiger partial charge is 0.128 e. The van der Waals surface area contributed by atoms with Crippen LogP contribution in [0, 0.1) is 0 Å². The molecule has 2 aromatic rings. The van der Waals surface area contributed by atoms with Gasteiger partial charge in [-0.2, -0.15) is 5.10 Å². The van der Waals surface area contributed by atoms with Gasteiger partial charge in [0.05, 0.1) is 30.0 Å². The molecule has 0 atom stereocenters. The van der Waals surface area contributed by atoms with Crippen molar-refractivity contribution in [2.75, 3.05) is 13.7 Å². The van der Waals surface area contributed by atoms with Crippen molar-refractivity contribution >= 4 is 15.9 Å². The van der Waals surface area contributed by atoms with Crippen LogP contribution in [0.5, 0.6) is 5.75 Å². The van der Waals surface area contributed by atoms with E-state index in [-0.39, 0.29) is 0 Å². The largest absolute Gasteiger partial charge is 0.496 e. The molecule has 0 aliphatic rings. The van der Waals surface area contributed by atoms with E-state index in [1.54, 1.807) is 13.3 Å². The Balaban J connectivity index is 2.55. The van der Waals surface area contributed by atoms with Gasteiger partial charge >= 0.3 is 0 Å². The van der Waals surface area contributed by atoms with Crippen molar-refractivity contribution in [1.82, 2.24) is 9.78 Å². The number of ether oxygens (including phenoxy) is 1. The molecule has 0 amide bonds. The summed E-state index contributed by atoms with van der Waals surface area (Å²) in [4.78, 5) is 0. The van der Waals surface area contributed by atoms with Gasteiger partial charge in [-0.15, -0.1) is 0 Å². The summed E-state index contributed by atoms with van der Waals surface area (Å²) >= 11 is 3.51. The van der Waals surface area contributed by atoms with Gasteiger partial charge < -0.3 is 10.5 Å². The van der Waals surface area contributed by atoms with E-state index in [0.717, 1.165) is 21.5 Å². The molecule has 5 heteroatoms. The zero-order valence-corrected chi connectivity index (χ0v) is 11.1. The lowest BCUT2D eigenvalue weighted by Crippen LogP contribution is -2.12. The number of para-hydroxylation sites is 1. The van der Waals surface area contributed by atoms with Gasteiger partial charge in [0.1, 0.15) is 5.75 Å². The zero-order valence-electron chi connectivity index (χ0n) is 9.56. The van der Waals surface area contributed by atoms with Crippen LogP contribution in [0.2, 0.25) is 0 Å². The van der Waals surface area contributed by atoms with Gasteiger partial charge in [0.2, 0.25) is 0 Å². The number of hydrogen-bond donors (Lipinski definition) is 1. The first-order valence-electron chi connectivity index (χ1n) is 5.32. The number of rotatable bonds is 4. The van der Waals surface area contributed by atoms with Gasteiger partial charge in [0.25, 0.3) is 0 Å². The van der Waals surface area contributed by atoms with Crippen molar-refractivity contribution in [2.24, 2.45) is 5.73 Å². The number of methoxy groups -OCH3 is 1. The number of nitrogens with zero attached hydrogens (tertiary/aromatic N) is 2. The van der Waals surface area contributed by atoms with Gasteiger partial charge in [-0.3, -0.25) is 4.68 Å². The van der Waals surface area contributed by atoms with Gasteiger partial charge in [-0.1, -0.05) is 12.1 Å². The van der Waals surface area contributed by atoms with E-state index in [2.05, 4.69) is 21.0 Å². The average Bonchev–Trinajstić information content (AvgIpc) is 2.71. The molecule has 0 unspecified atom stereocenters. The van der Waals surface area contributed by atoms with E-state index >= 15 is 0 Å². The zero-order chi connectivity index (χ0) is 12.3. The van der Waals surface area contributed by atoms with Crippen LogP contribution >= 0.6 is 15.9 Å². The van der Waals surface area contributed by atoms with Crippen molar-refractivity contribution in [3.63, 3.8) is 0 Å². The molecule has 90 valence electrons. The molecule has 4 nitrogen and oxygen atoms in total. The molecule has 1 aromatic carbocycles. The molecule has 1 heterocycles. The van der Waals surface area contributed by atoms with Crippen LogP contribution in [0.25, 0.3) is 11.3 Å². The summed E-state index contributed by atoms with van der Waals surface area (Å²) in [6.07, 6.45) is 1.78. The van der Waals surface area contributed by atoms with Crippen LogP contribution in [0.4, 0.5) is 0 Å². The third-order valence-electron chi connectivity index (χ3n) is 2.50. The Hall–Kier alpha value is -1.33. The minimum Gasteiger partial charge on any atom is -0.496 e. The number of hydrogen-bond acceptors (Lipinski definition) is 3. The lowest BCUT2D eigenvalue weighted by molar-refractivity contribution is 0.416. The summed E-state index contributed by atoms with van der Waals surface area (Å²) in [5.41, 5.74) is 7.58. The van der Waals surface area contributed by atoms with Crippen LogP contribution in [0.1, 0.15) is 0 Å². The Morgan fingerprint density at radius 2 is 2.18 bits per heavy atom. The molecule has 1 aromatic heterocycles. The molecule has 17 heavy (non-hydrogen) atoms. The van der Waals surface area contributed by atoms with Crippen molar-refractivity contribution in [2.45, 2.75) is 6.54 Å². The van der Waals surface area contributed by atoms with Crippen molar-refractivity contribution in [1.29, 1.82) is 0 Å². The van der Waals surface area contributed by atoms with Crippen molar-refractivity contribution in [3.8, 4) is 17.0 Å². The molecule has 0 radical (unpaired) electrons. The van der Waals surface area contributed by atoms with Crippen LogP contribution in [0.3, 0.4) is 0 Å². The summed E-state index contributed by atoms with van der Waals surface area (Å²) in [7, 11) is 1.66. The Bertz CT molecular complexity index is 510. The number of nitrogens with two attached hydrogens (primary N) is 1. The Kier molecular flexibility index (Phi) is 3.81.